The molecule has 0 aliphatic carbocycles. The zero-order valence-corrected chi connectivity index (χ0v) is 20.4. The maximum absolute atomic E-state index is 13.3. The van der Waals surface area contributed by atoms with Gasteiger partial charge in [0.25, 0.3) is 0 Å². The molecule has 1 fully saturated rings. The molecule has 0 radical (unpaired) electrons. The summed E-state index contributed by atoms with van der Waals surface area (Å²) in [6.45, 7) is 0.294. The Bertz CT molecular complexity index is 1150. The van der Waals surface area contributed by atoms with Crippen LogP contribution >= 0.6 is 0 Å². The third kappa shape index (κ3) is 7.52. The van der Waals surface area contributed by atoms with E-state index >= 15 is 0 Å². The summed E-state index contributed by atoms with van der Waals surface area (Å²) in [4.78, 5) is 69.9. The fourth-order valence-corrected chi connectivity index (χ4v) is 4.23. The molecule has 1 aliphatic rings. The Hall–Kier alpha value is -4.46. The highest BCUT2D eigenvalue weighted by molar-refractivity contribution is 5.95. The second kappa shape index (κ2) is 12.7. The highest BCUT2D eigenvalue weighted by atomic mass is 16.4. The molecule has 1 aromatic heterocycles. The number of nitrogens with zero attached hydrogens (tertiary/aromatic N) is 2. The van der Waals surface area contributed by atoms with E-state index in [0.29, 0.717) is 30.6 Å². The predicted molar refractivity (Wildman–Crippen MR) is 131 cm³/mol. The quantitative estimate of drug-likeness (QED) is 0.172. The molecular weight excluding hydrogens is 500 g/mol. The van der Waals surface area contributed by atoms with Gasteiger partial charge in [-0.3, -0.25) is 19.2 Å². The molecule has 1 saturated heterocycles. The van der Waals surface area contributed by atoms with Crippen molar-refractivity contribution in [3.8, 4) is 5.75 Å². The number of benzene rings is 1. The molecule has 38 heavy (non-hydrogen) atoms. The van der Waals surface area contributed by atoms with Gasteiger partial charge in [0, 0.05) is 31.3 Å². The number of nitrogens with one attached hydrogen (secondary N) is 3. The number of imidazole rings is 1. The minimum Gasteiger partial charge on any atom is -0.508 e. The summed E-state index contributed by atoms with van der Waals surface area (Å²) in [6.07, 6.45) is 3.12. The SMILES string of the molecule is NC(Cc1cnc[nH]1)C(=O)N1CCCC1C(=O)NC(Cc1ccc(O)cc1)C(=O)NC(CC(=O)O)C(=O)O. The molecule has 2 heterocycles. The van der Waals surface area contributed by atoms with Gasteiger partial charge in [-0.1, -0.05) is 12.1 Å². The Morgan fingerprint density at radius 2 is 1.79 bits per heavy atom. The average Bonchev–Trinajstić information content (AvgIpc) is 3.56. The molecule has 8 N–H and O–H groups in total. The van der Waals surface area contributed by atoms with Gasteiger partial charge in [-0.15, -0.1) is 0 Å². The monoisotopic (exact) mass is 530 g/mol. The summed E-state index contributed by atoms with van der Waals surface area (Å²) in [7, 11) is 0. The molecule has 1 aliphatic heterocycles. The van der Waals surface area contributed by atoms with Crippen LogP contribution in [0.1, 0.15) is 30.5 Å². The molecule has 3 rings (SSSR count). The number of amides is 3. The lowest BCUT2D eigenvalue weighted by atomic mass is 10.0. The standard InChI is InChI=1S/C24H30N6O8/c25-16(9-14-11-26-12-27-14)23(36)30-7-1-2-19(30)22(35)28-17(8-13-3-5-15(31)6-4-13)21(34)29-18(24(37)38)10-20(32)33/h3-6,11-12,16-19,31H,1-2,7-10,25H2,(H,26,27)(H,28,35)(H,29,34)(H,32,33)(H,37,38). The van der Waals surface area contributed by atoms with Crippen LogP contribution < -0.4 is 16.4 Å². The lowest BCUT2D eigenvalue weighted by molar-refractivity contribution is -0.147. The van der Waals surface area contributed by atoms with E-state index in [1.807, 2.05) is 0 Å². The van der Waals surface area contributed by atoms with Crippen molar-refractivity contribution in [3.05, 3.63) is 48.0 Å². The Balaban J connectivity index is 1.75. The first-order valence-corrected chi connectivity index (χ1v) is 11.9. The third-order valence-corrected chi connectivity index (χ3v) is 6.15. The molecule has 0 saturated carbocycles. The summed E-state index contributed by atoms with van der Waals surface area (Å²) in [5.74, 6) is -4.97. The van der Waals surface area contributed by atoms with Crippen LogP contribution in [0.5, 0.6) is 5.75 Å². The lowest BCUT2D eigenvalue weighted by Gasteiger charge is -2.28. The van der Waals surface area contributed by atoms with Gasteiger partial charge in [0.2, 0.25) is 17.7 Å². The first-order valence-electron chi connectivity index (χ1n) is 11.9. The number of carboxylic acid groups (broad SMARTS) is 2. The van der Waals surface area contributed by atoms with Gasteiger partial charge in [0.1, 0.15) is 23.9 Å². The number of rotatable bonds is 12. The number of nitrogens with two attached hydrogens (primary N) is 1. The smallest absolute Gasteiger partial charge is 0.326 e. The molecule has 0 bridgehead atoms. The van der Waals surface area contributed by atoms with Gasteiger partial charge in [0.15, 0.2) is 0 Å². The second-order valence-corrected chi connectivity index (χ2v) is 9.01. The van der Waals surface area contributed by atoms with Gasteiger partial charge in [-0.2, -0.15) is 0 Å². The van der Waals surface area contributed by atoms with Crippen LogP contribution in [-0.2, 0) is 36.8 Å². The molecular formula is C24H30N6O8. The number of H-pyrrole nitrogens is 1. The van der Waals surface area contributed by atoms with E-state index in [4.69, 9.17) is 10.8 Å². The first-order chi connectivity index (χ1) is 18.0. The summed E-state index contributed by atoms with van der Waals surface area (Å²) >= 11 is 0. The third-order valence-electron chi connectivity index (χ3n) is 6.15. The van der Waals surface area contributed by atoms with Crippen molar-refractivity contribution in [1.82, 2.24) is 25.5 Å². The van der Waals surface area contributed by atoms with Gasteiger partial charge < -0.3 is 41.6 Å². The van der Waals surface area contributed by atoms with Crippen LogP contribution in [0.25, 0.3) is 0 Å². The van der Waals surface area contributed by atoms with Gasteiger partial charge >= 0.3 is 11.9 Å². The van der Waals surface area contributed by atoms with Crippen molar-refractivity contribution in [2.24, 2.45) is 5.73 Å². The zero-order chi connectivity index (χ0) is 27.8. The average molecular weight is 531 g/mol. The van der Waals surface area contributed by atoms with E-state index < -0.39 is 60.2 Å². The number of phenols is 1. The van der Waals surface area contributed by atoms with Crippen molar-refractivity contribution in [2.45, 2.75) is 56.3 Å². The molecule has 14 heteroatoms. The molecule has 2 aromatic rings. The Morgan fingerprint density at radius 1 is 1.08 bits per heavy atom. The number of aliphatic carboxylic acids is 2. The van der Waals surface area contributed by atoms with E-state index in [0.717, 1.165) is 0 Å². The molecule has 4 atom stereocenters. The van der Waals surface area contributed by atoms with Gasteiger partial charge in [-0.25, -0.2) is 9.78 Å². The van der Waals surface area contributed by atoms with Gasteiger partial charge in [-0.05, 0) is 30.5 Å². The zero-order valence-electron chi connectivity index (χ0n) is 20.4. The molecule has 204 valence electrons. The lowest BCUT2D eigenvalue weighted by Crippen LogP contribution is -2.57. The number of carbonyl (C=O) groups is 5. The van der Waals surface area contributed by atoms with Crippen LogP contribution in [0.2, 0.25) is 0 Å². The maximum atomic E-state index is 13.3. The number of carboxylic acids is 2. The van der Waals surface area contributed by atoms with Crippen molar-refractivity contribution < 1.29 is 39.3 Å². The van der Waals surface area contributed by atoms with Crippen molar-refractivity contribution >= 4 is 29.7 Å². The highest BCUT2D eigenvalue weighted by Gasteiger charge is 2.38. The first kappa shape index (κ1) is 28.1. The van der Waals surface area contributed by atoms with Crippen LogP contribution in [0, 0.1) is 0 Å². The number of aromatic nitrogens is 2. The number of phenolic OH excluding ortho intramolecular Hbond substituents is 1. The molecule has 1 aromatic carbocycles. The molecule has 14 nitrogen and oxygen atoms in total. The van der Waals surface area contributed by atoms with Crippen LogP contribution in [0.3, 0.4) is 0 Å². The van der Waals surface area contributed by atoms with Gasteiger partial charge in [0.05, 0.1) is 18.8 Å². The maximum Gasteiger partial charge on any atom is 0.326 e. The van der Waals surface area contributed by atoms with Crippen molar-refractivity contribution in [1.29, 1.82) is 0 Å². The number of aromatic amines is 1. The van der Waals surface area contributed by atoms with E-state index in [-0.39, 0.29) is 18.6 Å². The fourth-order valence-electron chi connectivity index (χ4n) is 4.23. The summed E-state index contributed by atoms with van der Waals surface area (Å²) < 4.78 is 0. The Labute approximate surface area is 217 Å². The molecule has 3 amide bonds. The van der Waals surface area contributed by atoms with Crippen LogP contribution in [0.4, 0.5) is 0 Å². The predicted octanol–water partition coefficient (Wildman–Crippen LogP) is -1.25. The normalized spacial score (nSPS) is 17.3. The van der Waals surface area contributed by atoms with E-state index in [1.165, 1.54) is 35.5 Å². The minimum atomic E-state index is -1.72. The molecule has 4 unspecified atom stereocenters. The topological polar surface area (TPSA) is 228 Å². The molecule has 0 spiro atoms. The van der Waals surface area contributed by atoms with Crippen LogP contribution in [0.15, 0.2) is 36.8 Å². The number of hydrogen-bond donors (Lipinski definition) is 7. The summed E-state index contributed by atoms with van der Waals surface area (Å²) in [5.41, 5.74) is 7.27. The summed E-state index contributed by atoms with van der Waals surface area (Å²) in [5, 5.41) is 32.6. The Morgan fingerprint density at radius 3 is 2.39 bits per heavy atom. The number of carbonyl (C=O) groups excluding carboxylic acids is 3. The second-order valence-electron chi connectivity index (χ2n) is 9.01. The number of likely N-dealkylation sites (tertiary alicyclic amines) is 1. The van der Waals surface area contributed by atoms with Crippen molar-refractivity contribution in [2.75, 3.05) is 6.54 Å². The van der Waals surface area contributed by atoms with E-state index in [9.17, 15) is 34.2 Å². The van der Waals surface area contributed by atoms with Crippen LogP contribution in [-0.4, -0.2) is 90.6 Å². The summed E-state index contributed by atoms with van der Waals surface area (Å²) in [6, 6.07) is 0.973. The van der Waals surface area contributed by atoms with E-state index in [1.54, 1.807) is 6.20 Å². The fraction of sp³-hybridized carbons (Fsp3) is 0.417. The number of hydrogen-bond acceptors (Lipinski definition) is 8. The largest absolute Gasteiger partial charge is 0.508 e. The number of aromatic hydroxyl groups is 1. The Kier molecular flexibility index (Phi) is 9.38. The minimum absolute atomic E-state index is 0.0160. The highest BCUT2D eigenvalue weighted by Crippen LogP contribution is 2.20. The van der Waals surface area contributed by atoms with Crippen molar-refractivity contribution in [3.63, 3.8) is 0 Å². The van der Waals surface area contributed by atoms with E-state index in [2.05, 4.69) is 20.6 Å².